The Morgan fingerprint density at radius 2 is 2.11 bits per heavy atom. The maximum absolute atomic E-state index is 11.7. The van der Waals surface area contributed by atoms with Gasteiger partial charge in [-0.1, -0.05) is 6.92 Å². The van der Waals surface area contributed by atoms with E-state index in [-0.39, 0.29) is 17.9 Å². The van der Waals surface area contributed by atoms with Gasteiger partial charge >= 0.3 is 5.97 Å². The van der Waals surface area contributed by atoms with E-state index in [1.165, 1.54) is 0 Å². The average molecular weight is 256 g/mol. The van der Waals surface area contributed by atoms with Crippen LogP contribution in [0, 0.1) is 11.8 Å². The van der Waals surface area contributed by atoms with Crippen molar-refractivity contribution in [3.05, 3.63) is 0 Å². The number of hydrogen-bond donors (Lipinski definition) is 3. The van der Waals surface area contributed by atoms with Crippen molar-refractivity contribution in [2.45, 2.75) is 51.5 Å². The summed E-state index contributed by atoms with van der Waals surface area (Å²) in [6.45, 7) is 2.75. The van der Waals surface area contributed by atoms with Crippen molar-refractivity contribution in [1.29, 1.82) is 0 Å². The lowest BCUT2D eigenvalue weighted by molar-refractivity contribution is -0.141. The molecule has 5 nitrogen and oxygen atoms in total. The van der Waals surface area contributed by atoms with E-state index in [0.717, 1.165) is 19.3 Å². The summed E-state index contributed by atoms with van der Waals surface area (Å²) in [5, 5.41) is 11.8. The Morgan fingerprint density at radius 3 is 2.67 bits per heavy atom. The van der Waals surface area contributed by atoms with E-state index in [4.69, 9.17) is 10.8 Å². The fourth-order valence-electron chi connectivity index (χ4n) is 2.44. The largest absolute Gasteiger partial charge is 0.481 e. The van der Waals surface area contributed by atoms with Gasteiger partial charge in [0.05, 0.1) is 5.92 Å². The van der Waals surface area contributed by atoms with Crippen LogP contribution in [0.5, 0.6) is 0 Å². The highest BCUT2D eigenvalue weighted by Gasteiger charge is 2.30. The Hall–Kier alpha value is -1.10. The summed E-state index contributed by atoms with van der Waals surface area (Å²) in [5.41, 5.74) is 5.46. The molecule has 1 aliphatic carbocycles. The highest BCUT2D eigenvalue weighted by atomic mass is 16.4. The van der Waals surface area contributed by atoms with E-state index < -0.39 is 5.97 Å². The average Bonchev–Trinajstić information content (AvgIpc) is 2.75. The van der Waals surface area contributed by atoms with Crippen molar-refractivity contribution in [3.63, 3.8) is 0 Å². The highest BCUT2D eigenvalue weighted by molar-refractivity contribution is 5.76. The van der Waals surface area contributed by atoms with E-state index >= 15 is 0 Å². The molecule has 0 aliphatic heterocycles. The maximum atomic E-state index is 11.7. The standard InChI is InChI=1S/C13H24N2O3/c1-9(6-7-14)2-5-12(16)15-11-4-3-10(8-11)13(17)18/h9-11H,2-8,14H2,1H3,(H,15,16)(H,17,18)/t9?,10-,11+/m1/s1. The van der Waals surface area contributed by atoms with Gasteiger partial charge in [-0.25, -0.2) is 0 Å². The van der Waals surface area contributed by atoms with E-state index in [1.54, 1.807) is 0 Å². The summed E-state index contributed by atoms with van der Waals surface area (Å²) < 4.78 is 0. The minimum absolute atomic E-state index is 0.0370. The number of carbonyl (C=O) groups excluding carboxylic acids is 1. The quantitative estimate of drug-likeness (QED) is 0.636. The van der Waals surface area contributed by atoms with Gasteiger partial charge in [-0.2, -0.15) is 0 Å². The molecule has 1 fully saturated rings. The monoisotopic (exact) mass is 256 g/mol. The zero-order chi connectivity index (χ0) is 13.5. The van der Waals surface area contributed by atoms with Gasteiger partial charge in [0.1, 0.15) is 0 Å². The van der Waals surface area contributed by atoms with Crippen molar-refractivity contribution in [2.75, 3.05) is 6.54 Å². The number of carbonyl (C=O) groups is 2. The van der Waals surface area contributed by atoms with Crippen LogP contribution in [0.4, 0.5) is 0 Å². The van der Waals surface area contributed by atoms with E-state index in [2.05, 4.69) is 12.2 Å². The molecule has 1 unspecified atom stereocenters. The molecule has 1 rings (SSSR count). The van der Waals surface area contributed by atoms with E-state index in [1.807, 2.05) is 0 Å². The third-order valence-corrected chi connectivity index (χ3v) is 3.67. The van der Waals surface area contributed by atoms with Crippen molar-refractivity contribution in [2.24, 2.45) is 17.6 Å². The first-order valence-electron chi connectivity index (χ1n) is 6.75. The van der Waals surface area contributed by atoms with E-state index in [9.17, 15) is 9.59 Å². The van der Waals surface area contributed by atoms with Crippen LogP contribution in [0.15, 0.2) is 0 Å². The second-order valence-corrected chi connectivity index (χ2v) is 5.33. The molecule has 1 amide bonds. The Labute approximate surface area is 108 Å². The molecule has 0 aromatic rings. The SMILES string of the molecule is CC(CCN)CCC(=O)N[C@H]1CC[C@@H](C(=O)O)C1. The molecular weight excluding hydrogens is 232 g/mol. The number of amides is 1. The second-order valence-electron chi connectivity index (χ2n) is 5.33. The fraction of sp³-hybridized carbons (Fsp3) is 0.846. The second kappa shape index (κ2) is 7.36. The first kappa shape index (κ1) is 15.0. The predicted molar refractivity (Wildman–Crippen MR) is 69.0 cm³/mol. The summed E-state index contributed by atoms with van der Waals surface area (Å²) in [6, 6.07) is 0.0448. The zero-order valence-electron chi connectivity index (χ0n) is 11.0. The molecule has 3 atom stereocenters. The van der Waals surface area contributed by atoms with Gasteiger partial charge in [0, 0.05) is 12.5 Å². The number of nitrogens with one attached hydrogen (secondary N) is 1. The summed E-state index contributed by atoms with van der Waals surface area (Å²) in [7, 11) is 0. The summed E-state index contributed by atoms with van der Waals surface area (Å²) in [6.07, 6.45) is 4.32. The minimum atomic E-state index is -0.747. The molecular formula is C13H24N2O3. The molecule has 0 aromatic carbocycles. The lowest BCUT2D eigenvalue weighted by Gasteiger charge is -2.14. The van der Waals surface area contributed by atoms with Crippen molar-refractivity contribution in [1.82, 2.24) is 5.32 Å². The van der Waals surface area contributed by atoms with Crippen molar-refractivity contribution >= 4 is 11.9 Å². The minimum Gasteiger partial charge on any atom is -0.481 e. The molecule has 4 N–H and O–H groups in total. The highest BCUT2D eigenvalue weighted by Crippen LogP contribution is 2.25. The first-order chi connectivity index (χ1) is 8.52. The van der Waals surface area contributed by atoms with E-state index in [0.29, 0.717) is 31.7 Å². The van der Waals surface area contributed by atoms with Crippen LogP contribution in [0.3, 0.4) is 0 Å². The summed E-state index contributed by atoms with van der Waals surface area (Å²) >= 11 is 0. The lowest BCUT2D eigenvalue weighted by Crippen LogP contribution is -2.33. The van der Waals surface area contributed by atoms with Gasteiger partial charge in [0.15, 0.2) is 0 Å². The zero-order valence-corrected chi connectivity index (χ0v) is 11.0. The Kier molecular flexibility index (Phi) is 6.12. The van der Waals surface area contributed by atoms with Crippen molar-refractivity contribution in [3.8, 4) is 0 Å². The topological polar surface area (TPSA) is 92.4 Å². The maximum Gasteiger partial charge on any atom is 0.306 e. The smallest absolute Gasteiger partial charge is 0.306 e. The van der Waals surface area contributed by atoms with Crippen LogP contribution in [0.25, 0.3) is 0 Å². The van der Waals surface area contributed by atoms with Crippen LogP contribution >= 0.6 is 0 Å². The Balaban J connectivity index is 2.19. The summed E-state index contributed by atoms with van der Waals surface area (Å²) in [5.74, 6) is -0.527. The van der Waals surface area contributed by atoms with Gasteiger partial charge in [-0.15, -0.1) is 0 Å². The third kappa shape index (κ3) is 5.04. The normalized spacial score (nSPS) is 24.8. The predicted octanol–water partition coefficient (Wildman–Crippen LogP) is 1.12. The van der Waals surface area contributed by atoms with Crippen LogP contribution in [0.1, 0.15) is 45.4 Å². The molecule has 18 heavy (non-hydrogen) atoms. The Bertz CT molecular complexity index is 294. The van der Waals surface area contributed by atoms with Crippen molar-refractivity contribution < 1.29 is 14.7 Å². The molecule has 5 heteroatoms. The molecule has 104 valence electrons. The van der Waals surface area contributed by atoms with Gasteiger partial charge in [-0.05, 0) is 44.6 Å². The van der Waals surface area contributed by atoms with Gasteiger partial charge in [0.2, 0.25) is 5.91 Å². The van der Waals surface area contributed by atoms with Gasteiger partial charge in [0.25, 0.3) is 0 Å². The fourth-order valence-corrected chi connectivity index (χ4v) is 2.44. The number of hydrogen-bond acceptors (Lipinski definition) is 3. The molecule has 0 heterocycles. The molecule has 0 radical (unpaired) electrons. The van der Waals surface area contributed by atoms with Crippen LogP contribution < -0.4 is 11.1 Å². The van der Waals surface area contributed by atoms with Crippen LogP contribution in [0.2, 0.25) is 0 Å². The first-order valence-corrected chi connectivity index (χ1v) is 6.75. The molecule has 0 saturated heterocycles. The van der Waals surface area contributed by atoms with Gasteiger partial charge < -0.3 is 16.2 Å². The number of carboxylic acids is 1. The molecule has 1 saturated carbocycles. The van der Waals surface area contributed by atoms with Crippen LogP contribution in [-0.2, 0) is 9.59 Å². The van der Waals surface area contributed by atoms with Gasteiger partial charge in [-0.3, -0.25) is 9.59 Å². The number of rotatable bonds is 7. The number of nitrogens with two attached hydrogens (primary N) is 1. The number of carboxylic acid groups (broad SMARTS) is 1. The molecule has 0 bridgehead atoms. The third-order valence-electron chi connectivity index (χ3n) is 3.67. The molecule has 0 spiro atoms. The molecule has 0 aromatic heterocycles. The van der Waals surface area contributed by atoms with Crippen LogP contribution in [-0.4, -0.2) is 29.6 Å². The summed E-state index contributed by atoms with van der Waals surface area (Å²) in [4.78, 5) is 22.5. The molecule has 1 aliphatic rings. The number of aliphatic carboxylic acids is 1. The Morgan fingerprint density at radius 1 is 1.39 bits per heavy atom. The lowest BCUT2D eigenvalue weighted by atomic mass is 10.0.